The Morgan fingerprint density at radius 2 is 2.21 bits per heavy atom. The molecule has 1 aliphatic carbocycles. The number of anilines is 1. The van der Waals surface area contributed by atoms with Gasteiger partial charge >= 0.3 is 0 Å². The molecule has 2 aromatic heterocycles. The van der Waals surface area contributed by atoms with Gasteiger partial charge in [0.25, 0.3) is 0 Å². The zero-order valence-electron chi connectivity index (χ0n) is 13.3. The summed E-state index contributed by atoms with van der Waals surface area (Å²) in [7, 11) is 0. The average Bonchev–Trinajstić information content (AvgIpc) is 3.15. The summed E-state index contributed by atoms with van der Waals surface area (Å²) >= 11 is 1.64. The van der Waals surface area contributed by atoms with Gasteiger partial charge < -0.3 is 9.84 Å². The van der Waals surface area contributed by atoms with E-state index in [1.807, 2.05) is 43.3 Å². The van der Waals surface area contributed by atoms with Gasteiger partial charge in [-0.2, -0.15) is 4.98 Å². The Balaban J connectivity index is 1.46. The first-order valence-corrected chi connectivity index (χ1v) is 8.78. The summed E-state index contributed by atoms with van der Waals surface area (Å²) in [4.78, 5) is 18.9. The van der Waals surface area contributed by atoms with Crippen LogP contribution >= 0.6 is 11.3 Å². The fraction of sp³-hybridized carbons (Fsp3) is 0.278. The predicted molar refractivity (Wildman–Crippen MR) is 93.1 cm³/mol. The van der Waals surface area contributed by atoms with Gasteiger partial charge in [-0.1, -0.05) is 17.3 Å². The summed E-state index contributed by atoms with van der Waals surface area (Å²) in [6.07, 6.45) is 2.64. The molecule has 0 atom stereocenters. The molecule has 6 heteroatoms. The maximum atomic E-state index is 12.2. The van der Waals surface area contributed by atoms with Gasteiger partial charge in [-0.15, -0.1) is 11.3 Å². The van der Waals surface area contributed by atoms with Gasteiger partial charge in [0.2, 0.25) is 17.6 Å². The number of aryl methyl sites for hydroxylation is 1. The molecular formula is C18H17N3O2S. The third kappa shape index (κ3) is 3.38. The van der Waals surface area contributed by atoms with E-state index in [1.54, 1.807) is 11.3 Å². The molecule has 1 saturated carbocycles. The Labute approximate surface area is 143 Å². The van der Waals surface area contributed by atoms with Crippen LogP contribution in [0.15, 0.2) is 40.9 Å². The second-order valence-corrected chi connectivity index (χ2v) is 7.42. The predicted octanol–water partition coefficient (Wildman–Crippen LogP) is 4.17. The van der Waals surface area contributed by atoms with Crippen molar-refractivity contribution in [1.29, 1.82) is 0 Å². The standard InChI is InChI=1S/C18H17N3O2S/c1-11-5-8-15(24-11)10-16(22)19-14-4-2-3-13(9-14)17-20-18(23-21-17)12-6-7-12/h2-5,8-9,12H,6-7,10H2,1H3,(H,19,22). The van der Waals surface area contributed by atoms with Crippen molar-refractivity contribution in [2.24, 2.45) is 0 Å². The molecule has 1 fully saturated rings. The fourth-order valence-corrected chi connectivity index (χ4v) is 3.42. The number of benzene rings is 1. The SMILES string of the molecule is Cc1ccc(CC(=O)Nc2cccc(-c3noc(C4CC4)n3)c2)s1. The summed E-state index contributed by atoms with van der Waals surface area (Å²) in [5.74, 6) is 1.69. The maximum absolute atomic E-state index is 12.2. The van der Waals surface area contributed by atoms with Crippen LogP contribution in [0, 0.1) is 6.92 Å². The first-order valence-electron chi connectivity index (χ1n) is 7.96. The second-order valence-electron chi connectivity index (χ2n) is 6.05. The molecule has 4 rings (SSSR count). The summed E-state index contributed by atoms with van der Waals surface area (Å²) in [6.45, 7) is 2.04. The van der Waals surface area contributed by atoms with Gasteiger partial charge in [-0.3, -0.25) is 4.79 Å². The Hall–Kier alpha value is -2.47. The van der Waals surface area contributed by atoms with Gasteiger partial charge in [-0.05, 0) is 44.0 Å². The average molecular weight is 339 g/mol. The number of aromatic nitrogens is 2. The van der Waals surface area contributed by atoms with Crippen molar-refractivity contribution in [3.8, 4) is 11.4 Å². The van der Waals surface area contributed by atoms with Crippen LogP contribution in [0.5, 0.6) is 0 Å². The number of nitrogens with zero attached hydrogens (tertiary/aromatic N) is 2. The van der Waals surface area contributed by atoms with E-state index in [0.717, 1.165) is 29.0 Å². The lowest BCUT2D eigenvalue weighted by Gasteiger charge is -2.05. The zero-order chi connectivity index (χ0) is 16.5. The lowest BCUT2D eigenvalue weighted by atomic mass is 10.2. The number of amides is 1. The normalized spacial score (nSPS) is 13.9. The molecule has 5 nitrogen and oxygen atoms in total. The van der Waals surface area contributed by atoms with E-state index < -0.39 is 0 Å². The molecule has 1 amide bonds. The molecule has 0 saturated heterocycles. The van der Waals surface area contributed by atoms with Gasteiger partial charge in [0.15, 0.2) is 0 Å². The van der Waals surface area contributed by atoms with Crippen LogP contribution in [0.2, 0.25) is 0 Å². The quantitative estimate of drug-likeness (QED) is 0.758. The van der Waals surface area contributed by atoms with E-state index >= 15 is 0 Å². The Morgan fingerprint density at radius 1 is 1.33 bits per heavy atom. The molecule has 3 aromatic rings. The molecule has 0 bridgehead atoms. The van der Waals surface area contributed by atoms with Crippen LogP contribution in [0.25, 0.3) is 11.4 Å². The Bertz CT molecular complexity index is 880. The number of rotatable bonds is 5. The highest BCUT2D eigenvalue weighted by atomic mass is 32.1. The molecule has 24 heavy (non-hydrogen) atoms. The van der Waals surface area contributed by atoms with Gasteiger partial charge in [0.05, 0.1) is 6.42 Å². The molecule has 0 radical (unpaired) electrons. The number of carbonyl (C=O) groups excluding carboxylic acids is 1. The molecular weight excluding hydrogens is 322 g/mol. The monoisotopic (exact) mass is 339 g/mol. The van der Waals surface area contributed by atoms with Crippen LogP contribution in [0.3, 0.4) is 0 Å². The molecule has 2 heterocycles. The van der Waals surface area contributed by atoms with Crippen molar-refractivity contribution in [1.82, 2.24) is 10.1 Å². The molecule has 1 aliphatic rings. The summed E-state index contributed by atoms with van der Waals surface area (Å²) in [5.41, 5.74) is 1.58. The zero-order valence-corrected chi connectivity index (χ0v) is 14.1. The van der Waals surface area contributed by atoms with Gasteiger partial charge in [-0.25, -0.2) is 0 Å². The van der Waals surface area contributed by atoms with E-state index in [-0.39, 0.29) is 5.91 Å². The summed E-state index contributed by atoms with van der Waals surface area (Å²) < 4.78 is 5.30. The maximum Gasteiger partial charge on any atom is 0.230 e. The summed E-state index contributed by atoms with van der Waals surface area (Å²) in [5, 5.41) is 6.97. The van der Waals surface area contributed by atoms with E-state index in [9.17, 15) is 4.79 Å². The molecule has 1 aromatic carbocycles. The Morgan fingerprint density at radius 3 is 2.96 bits per heavy atom. The minimum atomic E-state index is -0.0271. The lowest BCUT2D eigenvalue weighted by molar-refractivity contribution is -0.115. The number of thiophene rings is 1. The van der Waals surface area contributed by atoms with Gasteiger partial charge in [0, 0.05) is 26.9 Å². The van der Waals surface area contributed by atoms with Crippen LogP contribution in [0.4, 0.5) is 5.69 Å². The van der Waals surface area contributed by atoms with E-state index in [2.05, 4.69) is 15.5 Å². The van der Waals surface area contributed by atoms with E-state index in [1.165, 1.54) is 4.88 Å². The molecule has 0 aliphatic heterocycles. The van der Waals surface area contributed by atoms with Crippen molar-refractivity contribution < 1.29 is 9.32 Å². The third-order valence-corrected chi connectivity index (χ3v) is 4.90. The minimum Gasteiger partial charge on any atom is -0.339 e. The number of nitrogens with one attached hydrogen (secondary N) is 1. The van der Waals surface area contributed by atoms with Crippen molar-refractivity contribution in [2.45, 2.75) is 32.1 Å². The van der Waals surface area contributed by atoms with E-state index in [4.69, 9.17) is 4.52 Å². The number of hydrogen-bond acceptors (Lipinski definition) is 5. The van der Waals surface area contributed by atoms with Crippen LogP contribution < -0.4 is 5.32 Å². The second kappa shape index (κ2) is 6.20. The third-order valence-electron chi connectivity index (χ3n) is 3.90. The first kappa shape index (κ1) is 15.1. The smallest absolute Gasteiger partial charge is 0.230 e. The largest absolute Gasteiger partial charge is 0.339 e. The topological polar surface area (TPSA) is 68.0 Å². The van der Waals surface area contributed by atoms with Crippen molar-refractivity contribution in [3.63, 3.8) is 0 Å². The Kier molecular flexibility index (Phi) is 3.90. The van der Waals surface area contributed by atoms with Crippen LogP contribution in [-0.4, -0.2) is 16.0 Å². The highest BCUT2D eigenvalue weighted by molar-refractivity contribution is 7.12. The summed E-state index contributed by atoms with van der Waals surface area (Å²) in [6, 6.07) is 11.6. The van der Waals surface area contributed by atoms with Crippen molar-refractivity contribution in [2.75, 3.05) is 5.32 Å². The van der Waals surface area contributed by atoms with Crippen LogP contribution in [-0.2, 0) is 11.2 Å². The van der Waals surface area contributed by atoms with E-state index in [0.29, 0.717) is 24.1 Å². The highest BCUT2D eigenvalue weighted by Crippen LogP contribution is 2.39. The number of hydrogen-bond donors (Lipinski definition) is 1. The molecule has 1 N–H and O–H groups in total. The molecule has 0 spiro atoms. The lowest BCUT2D eigenvalue weighted by Crippen LogP contribution is -2.13. The first-order chi connectivity index (χ1) is 11.7. The molecule has 0 unspecified atom stereocenters. The van der Waals surface area contributed by atoms with Gasteiger partial charge in [0.1, 0.15) is 0 Å². The molecule has 122 valence electrons. The van der Waals surface area contributed by atoms with Crippen molar-refractivity contribution >= 4 is 22.9 Å². The van der Waals surface area contributed by atoms with Crippen molar-refractivity contribution in [3.05, 3.63) is 52.0 Å². The highest BCUT2D eigenvalue weighted by Gasteiger charge is 2.29. The number of carbonyl (C=O) groups is 1. The minimum absolute atomic E-state index is 0.0271. The fourth-order valence-electron chi connectivity index (χ4n) is 2.53. The van der Waals surface area contributed by atoms with Crippen LogP contribution in [0.1, 0.15) is 34.4 Å².